The molecule has 1 amide bonds. The molecule has 0 fully saturated rings. The van der Waals surface area contributed by atoms with Crippen LogP contribution in [0.15, 0.2) is 45.7 Å². The van der Waals surface area contributed by atoms with Crippen molar-refractivity contribution in [3.8, 4) is 0 Å². The van der Waals surface area contributed by atoms with Gasteiger partial charge in [0.05, 0.1) is 5.56 Å². The number of amides is 1. The molecule has 3 aromatic rings. The lowest BCUT2D eigenvalue weighted by Crippen LogP contribution is -2.32. The van der Waals surface area contributed by atoms with Crippen LogP contribution in [-0.4, -0.2) is 21.0 Å². The first-order valence-electron chi connectivity index (χ1n) is 7.89. The topological polar surface area (TPSA) is 63.5 Å². The third-order valence-corrected chi connectivity index (χ3v) is 5.32. The average Bonchev–Trinajstić information content (AvgIpc) is 3.08. The van der Waals surface area contributed by atoms with Crippen molar-refractivity contribution in [3.05, 3.63) is 62.9 Å². The van der Waals surface area contributed by atoms with Gasteiger partial charge in [0.1, 0.15) is 10.6 Å². The second kappa shape index (κ2) is 7.73. The first-order valence-corrected chi connectivity index (χ1v) is 9.75. The molecule has 10 heteroatoms. The third kappa shape index (κ3) is 4.01. The van der Waals surface area contributed by atoms with Gasteiger partial charge in [-0.25, -0.2) is 4.98 Å². The molecule has 2 aromatic heterocycles. The number of rotatable bonds is 5. The third-order valence-electron chi connectivity index (χ3n) is 3.70. The van der Waals surface area contributed by atoms with Crippen LogP contribution in [0.1, 0.15) is 28.4 Å². The molecule has 0 bridgehead atoms. The molecule has 0 aliphatic heterocycles. The number of benzene rings is 1. The van der Waals surface area contributed by atoms with Crippen molar-refractivity contribution >= 4 is 34.0 Å². The molecule has 3 rings (SSSR count). The summed E-state index contributed by atoms with van der Waals surface area (Å²) in [4.78, 5) is 30.0. The molecule has 142 valence electrons. The van der Waals surface area contributed by atoms with E-state index in [2.05, 4.69) is 10.3 Å². The quantitative estimate of drug-likeness (QED) is 0.510. The normalized spacial score (nSPS) is 11.7. The van der Waals surface area contributed by atoms with Gasteiger partial charge < -0.3 is 5.32 Å². The van der Waals surface area contributed by atoms with Gasteiger partial charge >= 0.3 is 6.18 Å². The van der Waals surface area contributed by atoms with E-state index in [1.807, 2.05) is 6.92 Å². The lowest BCUT2D eigenvalue weighted by Gasteiger charge is -2.13. The van der Waals surface area contributed by atoms with Crippen molar-refractivity contribution in [2.75, 3.05) is 5.75 Å². The molecule has 1 N–H and O–H groups in total. The predicted molar refractivity (Wildman–Crippen MR) is 98.4 cm³/mol. The van der Waals surface area contributed by atoms with Crippen LogP contribution in [0.5, 0.6) is 0 Å². The maximum Gasteiger partial charge on any atom is 0.416 e. The van der Waals surface area contributed by atoms with E-state index in [0.29, 0.717) is 10.7 Å². The van der Waals surface area contributed by atoms with Crippen LogP contribution in [0.4, 0.5) is 13.2 Å². The summed E-state index contributed by atoms with van der Waals surface area (Å²) >= 11 is 2.49. The molecule has 1 aromatic carbocycles. The summed E-state index contributed by atoms with van der Waals surface area (Å²) < 4.78 is 40.5. The molecule has 0 radical (unpaired) electrons. The Morgan fingerprint density at radius 2 is 2.07 bits per heavy atom. The molecule has 0 aliphatic rings. The van der Waals surface area contributed by atoms with Crippen molar-refractivity contribution in [3.63, 3.8) is 0 Å². The Morgan fingerprint density at radius 3 is 2.78 bits per heavy atom. The number of aromatic nitrogens is 2. The number of nitrogens with one attached hydrogen (secondary N) is 1. The van der Waals surface area contributed by atoms with Crippen LogP contribution in [0.3, 0.4) is 0 Å². The molecule has 2 heterocycles. The number of fused-ring (bicyclic) bond motifs is 1. The molecule has 5 nitrogen and oxygen atoms in total. The minimum absolute atomic E-state index is 0.0762. The number of carbonyl (C=O) groups is 1. The van der Waals surface area contributed by atoms with Crippen LogP contribution in [0.25, 0.3) is 4.96 Å². The maximum absolute atomic E-state index is 13.1. The number of thiazole rings is 1. The Labute approximate surface area is 160 Å². The van der Waals surface area contributed by atoms with E-state index in [-0.39, 0.29) is 22.7 Å². The number of hydrogen-bond donors (Lipinski definition) is 1. The lowest BCUT2D eigenvalue weighted by molar-refractivity contribution is -0.138. The smallest absolute Gasteiger partial charge is 0.348 e. The van der Waals surface area contributed by atoms with Crippen molar-refractivity contribution in [1.82, 2.24) is 14.7 Å². The van der Waals surface area contributed by atoms with Gasteiger partial charge in [-0.2, -0.15) is 13.2 Å². The highest BCUT2D eigenvalue weighted by atomic mass is 32.2. The molecule has 0 spiro atoms. The minimum atomic E-state index is -4.53. The Bertz CT molecular complexity index is 1040. The van der Waals surface area contributed by atoms with Gasteiger partial charge in [0.25, 0.3) is 11.5 Å². The highest BCUT2D eigenvalue weighted by molar-refractivity contribution is 7.99. The van der Waals surface area contributed by atoms with Crippen LogP contribution in [0.2, 0.25) is 0 Å². The summed E-state index contributed by atoms with van der Waals surface area (Å²) in [5.41, 5.74) is -1.61. The highest BCUT2D eigenvalue weighted by Crippen LogP contribution is 2.31. The number of alkyl halides is 3. The summed E-state index contributed by atoms with van der Waals surface area (Å²) in [6, 6.07) is 4.99. The summed E-state index contributed by atoms with van der Waals surface area (Å²) in [7, 11) is 0. The first kappa shape index (κ1) is 19.4. The number of thioether (sulfide) groups is 1. The van der Waals surface area contributed by atoms with E-state index in [4.69, 9.17) is 0 Å². The Hall–Kier alpha value is -2.33. The Balaban J connectivity index is 1.93. The van der Waals surface area contributed by atoms with Crippen molar-refractivity contribution in [2.45, 2.75) is 24.7 Å². The zero-order chi connectivity index (χ0) is 19.6. The Morgan fingerprint density at radius 1 is 1.33 bits per heavy atom. The summed E-state index contributed by atoms with van der Waals surface area (Å²) in [5.74, 6) is -0.161. The van der Waals surface area contributed by atoms with Gasteiger partial charge in [-0.3, -0.25) is 14.0 Å². The number of carbonyl (C=O) groups excluding carboxylic acids is 1. The van der Waals surface area contributed by atoms with Crippen molar-refractivity contribution in [2.24, 2.45) is 0 Å². The first-order chi connectivity index (χ1) is 12.8. The fourth-order valence-corrected chi connectivity index (χ4v) is 4.02. The summed E-state index contributed by atoms with van der Waals surface area (Å²) in [6.07, 6.45) is -3.02. The number of halogens is 3. The van der Waals surface area contributed by atoms with Gasteiger partial charge in [-0.15, -0.1) is 23.1 Å². The molecule has 0 saturated heterocycles. The lowest BCUT2D eigenvalue weighted by atomic mass is 10.1. The van der Waals surface area contributed by atoms with Crippen LogP contribution in [0, 0.1) is 0 Å². The summed E-state index contributed by atoms with van der Waals surface area (Å²) in [6.45, 7) is 1.50. The Kier molecular flexibility index (Phi) is 5.56. The zero-order valence-corrected chi connectivity index (χ0v) is 15.7. The summed E-state index contributed by atoms with van der Waals surface area (Å²) in [5, 5.41) is 4.36. The zero-order valence-electron chi connectivity index (χ0n) is 14.0. The SMILES string of the molecule is CCSc1nc2sccn2c(=O)c1C(=O)NCc1ccccc1C(F)(F)F. The van der Waals surface area contributed by atoms with Gasteiger partial charge in [0.15, 0.2) is 4.96 Å². The average molecular weight is 413 g/mol. The fourth-order valence-electron chi connectivity index (χ4n) is 2.51. The molecule has 0 unspecified atom stereocenters. The van der Waals surface area contributed by atoms with Gasteiger partial charge in [-0.05, 0) is 17.4 Å². The molecular formula is C17H14F3N3O2S2. The van der Waals surface area contributed by atoms with Crippen LogP contribution < -0.4 is 10.9 Å². The standard InChI is InChI=1S/C17H14F3N3O2S2/c1-2-26-14-12(15(25)23-7-8-27-16(23)22-14)13(24)21-9-10-5-3-4-6-11(10)17(18,19)20/h3-8H,2,9H2,1H3,(H,21,24). The predicted octanol–water partition coefficient (Wildman–Crippen LogP) is 3.82. The number of nitrogens with zero attached hydrogens (tertiary/aromatic N) is 2. The fraction of sp³-hybridized carbons (Fsp3) is 0.235. The van der Waals surface area contributed by atoms with Gasteiger partial charge in [-0.1, -0.05) is 25.1 Å². The van der Waals surface area contributed by atoms with E-state index < -0.39 is 23.2 Å². The molecule has 0 saturated carbocycles. The molecule has 0 aliphatic carbocycles. The van der Waals surface area contributed by atoms with Crippen molar-refractivity contribution in [1.29, 1.82) is 0 Å². The monoisotopic (exact) mass is 413 g/mol. The van der Waals surface area contributed by atoms with Crippen LogP contribution in [-0.2, 0) is 12.7 Å². The van der Waals surface area contributed by atoms with Gasteiger partial charge in [0, 0.05) is 18.1 Å². The highest BCUT2D eigenvalue weighted by Gasteiger charge is 2.33. The maximum atomic E-state index is 13.1. The van der Waals surface area contributed by atoms with Crippen LogP contribution >= 0.6 is 23.1 Å². The molecular weight excluding hydrogens is 399 g/mol. The molecule has 27 heavy (non-hydrogen) atoms. The number of hydrogen-bond acceptors (Lipinski definition) is 5. The minimum Gasteiger partial charge on any atom is -0.348 e. The van der Waals surface area contributed by atoms with Gasteiger partial charge in [0.2, 0.25) is 0 Å². The second-order valence-electron chi connectivity index (χ2n) is 5.42. The van der Waals surface area contributed by atoms with E-state index in [1.54, 1.807) is 5.38 Å². The second-order valence-corrected chi connectivity index (χ2v) is 7.55. The van der Waals surface area contributed by atoms with Crippen molar-refractivity contribution < 1.29 is 18.0 Å². The van der Waals surface area contributed by atoms with E-state index in [9.17, 15) is 22.8 Å². The van der Waals surface area contributed by atoms with E-state index >= 15 is 0 Å². The van der Waals surface area contributed by atoms with E-state index in [0.717, 1.165) is 6.07 Å². The largest absolute Gasteiger partial charge is 0.416 e. The van der Waals surface area contributed by atoms with E-state index in [1.165, 1.54) is 51.9 Å². The molecule has 0 atom stereocenters.